The van der Waals surface area contributed by atoms with Crippen molar-refractivity contribution in [1.82, 2.24) is 0 Å². The van der Waals surface area contributed by atoms with Crippen molar-refractivity contribution in [2.24, 2.45) is 0 Å². The van der Waals surface area contributed by atoms with Gasteiger partial charge in [0.2, 0.25) is 0 Å². The minimum atomic E-state index is 0.504. The highest BCUT2D eigenvalue weighted by molar-refractivity contribution is 6.36. The van der Waals surface area contributed by atoms with Crippen molar-refractivity contribution in [3.8, 4) is 0 Å². The van der Waals surface area contributed by atoms with Crippen LogP contribution < -0.4 is 5.32 Å². The van der Waals surface area contributed by atoms with E-state index in [0.717, 1.165) is 18.5 Å². The Hall–Kier alpha value is -1.18. The molecule has 0 atom stereocenters. The van der Waals surface area contributed by atoms with Gasteiger partial charge in [0.25, 0.3) is 0 Å². The fourth-order valence-corrected chi connectivity index (χ4v) is 3.02. The summed E-state index contributed by atoms with van der Waals surface area (Å²) in [7, 11) is 0. The lowest BCUT2D eigenvalue weighted by Crippen LogP contribution is -2.34. The average Bonchev–Trinajstić information content (AvgIpc) is 2.36. The van der Waals surface area contributed by atoms with Crippen molar-refractivity contribution >= 4 is 28.9 Å². The maximum atomic E-state index is 6.16. The number of hydrogen-bond acceptors (Lipinski definition) is 1. The van der Waals surface area contributed by atoms with Gasteiger partial charge in [-0.3, -0.25) is 0 Å². The molecule has 0 bridgehead atoms. The molecule has 0 saturated heterocycles. The first-order valence-electron chi connectivity index (χ1n) is 6.49. The summed E-state index contributed by atoms with van der Waals surface area (Å²) in [6, 6.07) is 16.8. The zero-order chi connectivity index (χ0) is 13.2. The van der Waals surface area contributed by atoms with Crippen molar-refractivity contribution in [2.45, 2.75) is 24.8 Å². The van der Waals surface area contributed by atoms with Gasteiger partial charge in [-0.05, 0) is 42.5 Å². The molecular formula is C16H15Cl2N. The van der Waals surface area contributed by atoms with Crippen molar-refractivity contribution in [3.63, 3.8) is 0 Å². The maximum absolute atomic E-state index is 6.16. The lowest BCUT2D eigenvalue weighted by molar-refractivity contribution is 0.374. The van der Waals surface area contributed by atoms with Gasteiger partial charge in [0.15, 0.2) is 0 Å². The summed E-state index contributed by atoms with van der Waals surface area (Å²) in [6.07, 6.45) is 2.31. The van der Waals surface area contributed by atoms with Crippen LogP contribution in [0.1, 0.15) is 24.3 Å². The van der Waals surface area contributed by atoms with Crippen molar-refractivity contribution in [2.75, 3.05) is 5.32 Å². The minimum Gasteiger partial charge on any atom is -0.381 e. The molecule has 1 fully saturated rings. The largest absolute Gasteiger partial charge is 0.381 e. The second-order valence-corrected chi connectivity index (χ2v) is 5.89. The van der Waals surface area contributed by atoms with Crippen molar-refractivity contribution < 1.29 is 0 Å². The molecular weight excluding hydrogens is 277 g/mol. The van der Waals surface area contributed by atoms with Crippen LogP contribution in [0.15, 0.2) is 48.5 Å². The summed E-state index contributed by atoms with van der Waals surface area (Å²) in [5.41, 5.74) is 2.41. The predicted molar refractivity (Wildman–Crippen MR) is 82.3 cm³/mol. The summed E-state index contributed by atoms with van der Waals surface area (Å²) >= 11 is 12.1. The van der Waals surface area contributed by atoms with E-state index >= 15 is 0 Å². The second-order valence-electron chi connectivity index (χ2n) is 5.04. The highest BCUT2D eigenvalue weighted by atomic mass is 35.5. The van der Waals surface area contributed by atoms with E-state index < -0.39 is 0 Å². The first-order valence-corrected chi connectivity index (χ1v) is 7.24. The SMILES string of the molecule is Clc1ccc(NC2CC(c3ccccc3)C2)c(Cl)c1. The maximum Gasteiger partial charge on any atom is 0.0652 e. The van der Waals surface area contributed by atoms with E-state index in [4.69, 9.17) is 23.2 Å². The second kappa shape index (κ2) is 5.44. The molecule has 0 aliphatic heterocycles. The van der Waals surface area contributed by atoms with E-state index in [1.165, 1.54) is 5.56 Å². The Morgan fingerprint density at radius 1 is 0.947 bits per heavy atom. The standard InChI is InChI=1S/C16H15Cl2N/c17-13-6-7-16(15(18)10-13)19-14-8-12(9-14)11-4-2-1-3-5-11/h1-7,10,12,14,19H,8-9H2. The third-order valence-corrected chi connectivity index (χ3v) is 4.25. The quantitative estimate of drug-likeness (QED) is 0.804. The van der Waals surface area contributed by atoms with Crippen LogP contribution in [0.2, 0.25) is 10.0 Å². The predicted octanol–water partition coefficient (Wildman–Crippen LogP) is 5.35. The number of halogens is 2. The van der Waals surface area contributed by atoms with E-state index in [1.807, 2.05) is 12.1 Å². The van der Waals surface area contributed by atoms with Crippen LogP contribution >= 0.6 is 23.2 Å². The van der Waals surface area contributed by atoms with Gasteiger partial charge in [-0.25, -0.2) is 0 Å². The van der Waals surface area contributed by atoms with Gasteiger partial charge in [0.05, 0.1) is 10.7 Å². The van der Waals surface area contributed by atoms with E-state index in [0.29, 0.717) is 22.0 Å². The molecule has 0 radical (unpaired) electrons. The summed E-state index contributed by atoms with van der Waals surface area (Å²) in [6.45, 7) is 0. The average molecular weight is 292 g/mol. The highest BCUT2D eigenvalue weighted by Gasteiger charge is 2.30. The van der Waals surface area contributed by atoms with Gasteiger partial charge >= 0.3 is 0 Å². The molecule has 1 aliphatic rings. The molecule has 0 spiro atoms. The van der Waals surface area contributed by atoms with Crippen molar-refractivity contribution in [3.05, 3.63) is 64.1 Å². The van der Waals surface area contributed by atoms with Gasteiger partial charge in [0, 0.05) is 11.1 Å². The van der Waals surface area contributed by atoms with Gasteiger partial charge in [-0.1, -0.05) is 53.5 Å². The molecule has 98 valence electrons. The van der Waals surface area contributed by atoms with Gasteiger partial charge in [0.1, 0.15) is 0 Å². The van der Waals surface area contributed by atoms with Crippen LogP contribution in [0.4, 0.5) is 5.69 Å². The van der Waals surface area contributed by atoms with E-state index in [1.54, 1.807) is 6.07 Å². The number of benzene rings is 2. The molecule has 19 heavy (non-hydrogen) atoms. The number of nitrogens with one attached hydrogen (secondary N) is 1. The van der Waals surface area contributed by atoms with Gasteiger partial charge < -0.3 is 5.32 Å². The molecule has 0 amide bonds. The molecule has 2 aromatic rings. The molecule has 1 saturated carbocycles. The number of rotatable bonds is 3. The fourth-order valence-electron chi connectivity index (χ4n) is 2.56. The first-order chi connectivity index (χ1) is 9.22. The first kappa shape index (κ1) is 12.8. The van der Waals surface area contributed by atoms with Crippen LogP contribution in [0.25, 0.3) is 0 Å². The topological polar surface area (TPSA) is 12.0 Å². The minimum absolute atomic E-state index is 0.504. The summed E-state index contributed by atoms with van der Waals surface area (Å²) in [5.74, 6) is 0.671. The molecule has 3 rings (SSSR count). The number of anilines is 1. The van der Waals surface area contributed by atoms with Crippen LogP contribution in [-0.4, -0.2) is 6.04 Å². The Labute approximate surface area is 123 Å². The molecule has 0 aromatic heterocycles. The normalized spacial score (nSPS) is 21.8. The van der Waals surface area contributed by atoms with E-state index in [-0.39, 0.29) is 0 Å². The Morgan fingerprint density at radius 3 is 2.37 bits per heavy atom. The Balaban J connectivity index is 1.60. The molecule has 3 heteroatoms. The van der Waals surface area contributed by atoms with Crippen LogP contribution in [0.3, 0.4) is 0 Å². The molecule has 0 unspecified atom stereocenters. The Morgan fingerprint density at radius 2 is 1.68 bits per heavy atom. The Kier molecular flexibility index (Phi) is 3.67. The van der Waals surface area contributed by atoms with Crippen LogP contribution in [-0.2, 0) is 0 Å². The molecule has 1 aliphatic carbocycles. The zero-order valence-electron chi connectivity index (χ0n) is 10.4. The molecule has 2 aromatic carbocycles. The van der Waals surface area contributed by atoms with Crippen LogP contribution in [0, 0.1) is 0 Å². The smallest absolute Gasteiger partial charge is 0.0652 e. The highest BCUT2D eigenvalue weighted by Crippen LogP contribution is 2.39. The molecule has 1 nitrogen and oxygen atoms in total. The number of hydrogen-bond donors (Lipinski definition) is 1. The van der Waals surface area contributed by atoms with Crippen LogP contribution in [0.5, 0.6) is 0 Å². The monoisotopic (exact) mass is 291 g/mol. The lowest BCUT2D eigenvalue weighted by Gasteiger charge is -2.37. The molecule has 1 N–H and O–H groups in total. The van der Waals surface area contributed by atoms with Crippen molar-refractivity contribution in [1.29, 1.82) is 0 Å². The van der Waals surface area contributed by atoms with E-state index in [2.05, 4.69) is 35.6 Å². The van der Waals surface area contributed by atoms with E-state index in [9.17, 15) is 0 Å². The summed E-state index contributed by atoms with van der Waals surface area (Å²) in [5, 5.41) is 4.85. The summed E-state index contributed by atoms with van der Waals surface area (Å²) in [4.78, 5) is 0. The fraction of sp³-hybridized carbons (Fsp3) is 0.250. The molecule has 0 heterocycles. The third-order valence-electron chi connectivity index (χ3n) is 3.70. The lowest BCUT2D eigenvalue weighted by atomic mass is 9.76. The zero-order valence-corrected chi connectivity index (χ0v) is 12.0. The van der Waals surface area contributed by atoms with Gasteiger partial charge in [-0.2, -0.15) is 0 Å². The van der Waals surface area contributed by atoms with Gasteiger partial charge in [-0.15, -0.1) is 0 Å². The third kappa shape index (κ3) is 2.88. The Bertz CT molecular complexity index is 562. The summed E-state index contributed by atoms with van der Waals surface area (Å²) < 4.78 is 0.